The number of allylic oxidation sites excluding steroid dienone is 2. The van der Waals surface area contributed by atoms with E-state index in [2.05, 4.69) is 46.3 Å². The van der Waals surface area contributed by atoms with E-state index in [-0.39, 0.29) is 11.2 Å². The predicted octanol–water partition coefficient (Wildman–Crippen LogP) is 3.45. The van der Waals surface area contributed by atoms with Gasteiger partial charge in [-0.2, -0.15) is 5.10 Å². The number of carbonyl (C=O) groups is 1. The number of H-pyrrole nitrogens is 1. The molecule has 6 nitrogen and oxygen atoms in total. The molecular weight excluding hydrogens is 326 g/mol. The fourth-order valence-corrected chi connectivity index (χ4v) is 4.68. The molecule has 6 heteroatoms. The van der Waals surface area contributed by atoms with Crippen LogP contribution in [0.25, 0.3) is 0 Å². The minimum atomic E-state index is -0.671. The lowest BCUT2D eigenvalue weighted by atomic mass is 9.63. The van der Waals surface area contributed by atoms with E-state index in [0.29, 0.717) is 18.2 Å². The van der Waals surface area contributed by atoms with Crippen LogP contribution in [-0.4, -0.2) is 25.9 Å². The second-order valence-corrected chi connectivity index (χ2v) is 8.75. The van der Waals surface area contributed by atoms with E-state index in [9.17, 15) is 4.79 Å². The molecule has 3 heterocycles. The summed E-state index contributed by atoms with van der Waals surface area (Å²) in [5.41, 5.74) is 3.25. The number of hydrogen-bond acceptors (Lipinski definition) is 5. The fourth-order valence-electron chi connectivity index (χ4n) is 4.68. The standard InChI is InChI=1S/C20H23N5O/c1-19(2)9-12-14(13(26)10-19)20(3,18-21-7-4-8-22-18)15-16(11-5-6-11)24-25-17(15)23-12/h4,7-8,11H,5-6,9-10H2,1-3H3,(H2,23,24,25). The monoisotopic (exact) mass is 349 g/mol. The Labute approximate surface area is 152 Å². The highest BCUT2D eigenvalue weighted by atomic mass is 16.1. The van der Waals surface area contributed by atoms with E-state index in [4.69, 9.17) is 0 Å². The predicted molar refractivity (Wildman–Crippen MR) is 97.7 cm³/mol. The molecule has 1 atom stereocenters. The van der Waals surface area contributed by atoms with Crippen molar-refractivity contribution in [1.82, 2.24) is 20.2 Å². The lowest BCUT2D eigenvalue weighted by Gasteiger charge is -2.42. The van der Waals surface area contributed by atoms with Crippen LogP contribution in [0, 0.1) is 5.41 Å². The Bertz CT molecular complexity index is 938. The first-order valence-electron chi connectivity index (χ1n) is 9.30. The number of rotatable bonds is 2. The van der Waals surface area contributed by atoms with Crippen molar-refractivity contribution in [3.05, 3.63) is 46.8 Å². The van der Waals surface area contributed by atoms with Crippen LogP contribution in [0.1, 0.15) is 69.5 Å². The molecule has 1 fully saturated rings. The zero-order chi connectivity index (χ0) is 18.1. The van der Waals surface area contributed by atoms with Gasteiger partial charge in [-0.25, -0.2) is 9.97 Å². The molecule has 1 unspecified atom stereocenters. The summed E-state index contributed by atoms with van der Waals surface area (Å²) in [6.07, 6.45) is 7.19. The molecule has 134 valence electrons. The fraction of sp³-hybridized carbons (Fsp3) is 0.500. The first-order valence-corrected chi connectivity index (χ1v) is 9.30. The highest BCUT2D eigenvalue weighted by molar-refractivity contribution is 6.02. The zero-order valence-corrected chi connectivity index (χ0v) is 15.4. The molecule has 1 saturated carbocycles. The lowest BCUT2D eigenvalue weighted by molar-refractivity contribution is -0.118. The third-order valence-electron chi connectivity index (χ3n) is 5.94. The molecular formula is C20H23N5O. The number of carbonyl (C=O) groups excluding carboxylic acids is 1. The number of aromatic amines is 1. The van der Waals surface area contributed by atoms with Gasteiger partial charge in [-0.15, -0.1) is 0 Å². The van der Waals surface area contributed by atoms with Gasteiger partial charge in [0.05, 0.1) is 5.41 Å². The number of Topliss-reactive ketones (excluding diaryl/α,β-unsaturated/α-hetero) is 1. The number of nitrogens with one attached hydrogen (secondary N) is 2. The van der Waals surface area contributed by atoms with Gasteiger partial charge in [-0.1, -0.05) is 13.8 Å². The van der Waals surface area contributed by atoms with E-state index < -0.39 is 5.41 Å². The van der Waals surface area contributed by atoms with Crippen LogP contribution >= 0.6 is 0 Å². The minimum absolute atomic E-state index is 0.0610. The average Bonchev–Trinajstić information content (AvgIpc) is 3.34. The molecule has 0 amide bonds. The van der Waals surface area contributed by atoms with Crippen LogP contribution in [-0.2, 0) is 10.2 Å². The van der Waals surface area contributed by atoms with Crippen LogP contribution in [0.5, 0.6) is 0 Å². The zero-order valence-electron chi connectivity index (χ0n) is 15.4. The van der Waals surface area contributed by atoms with Gasteiger partial charge in [-0.3, -0.25) is 9.89 Å². The van der Waals surface area contributed by atoms with Gasteiger partial charge in [0, 0.05) is 47.3 Å². The summed E-state index contributed by atoms with van der Waals surface area (Å²) in [4.78, 5) is 22.4. The molecule has 0 aromatic carbocycles. The van der Waals surface area contributed by atoms with E-state index in [1.54, 1.807) is 12.4 Å². The number of nitrogens with zero attached hydrogens (tertiary/aromatic N) is 3. The van der Waals surface area contributed by atoms with Gasteiger partial charge in [0.1, 0.15) is 5.82 Å². The van der Waals surface area contributed by atoms with Crippen LogP contribution < -0.4 is 5.32 Å². The molecule has 0 spiro atoms. The molecule has 3 aliphatic rings. The first kappa shape index (κ1) is 15.7. The van der Waals surface area contributed by atoms with Gasteiger partial charge in [0.2, 0.25) is 0 Å². The topological polar surface area (TPSA) is 83.6 Å². The summed E-state index contributed by atoms with van der Waals surface area (Å²) in [5, 5.41) is 11.3. The van der Waals surface area contributed by atoms with Crippen molar-refractivity contribution in [1.29, 1.82) is 0 Å². The largest absolute Gasteiger partial charge is 0.342 e. The van der Waals surface area contributed by atoms with Gasteiger partial charge < -0.3 is 5.32 Å². The van der Waals surface area contributed by atoms with Crippen molar-refractivity contribution in [3.63, 3.8) is 0 Å². The molecule has 1 aliphatic heterocycles. The number of anilines is 1. The highest BCUT2D eigenvalue weighted by Crippen LogP contribution is 2.55. The van der Waals surface area contributed by atoms with Gasteiger partial charge in [-0.05, 0) is 37.7 Å². The van der Waals surface area contributed by atoms with Crippen molar-refractivity contribution in [2.75, 3.05) is 5.32 Å². The summed E-state index contributed by atoms with van der Waals surface area (Å²) in [6, 6.07) is 1.81. The number of fused-ring (bicyclic) bond motifs is 1. The molecule has 2 aromatic rings. The summed E-state index contributed by atoms with van der Waals surface area (Å²) in [6.45, 7) is 6.37. The van der Waals surface area contributed by atoms with E-state index in [1.807, 2.05) is 6.07 Å². The number of aromatic nitrogens is 4. The Morgan fingerprint density at radius 3 is 2.54 bits per heavy atom. The molecule has 0 saturated heterocycles. The average molecular weight is 349 g/mol. The Balaban J connectivity index is 1.79. The smallest absolute Gasteiger partial charge is 0.162 e. The molecule has 2 N–H and O–H groups in total. The first-order chi connectivity index (χ1) is 12.4. The van der Waals surface area contributed by atoms with Gasteiger partial charge >= 0.3 is 0 Å². The Kier molecular flexibility index (Phi) is 3.04. The maximum Gasteiger partial charge on any atom is 0.162 e. The summed E-state index contributed by atoms with van der Waals surface area (Å²) in [7, 11) is 0. The van der Waals surface area contributed by atoms with Crippen molar-refractivity contribution in [3.8, 4) is 0 Å². The Morgan fingerprint density at radius 1 is 1.12 bits per heavy atom. The van der Waals surface area contributed by atoms with Crippen LogP contribution in [0.2, 0.25) is 0 Å². The highest BCUT2D eigenvalue weighted by Gasteiger charge is 2.52. The summed E-state index contributed by atoms with van der Waals surface area (Å²) >= 11 is 0. The Hall–Kier alpha value is -2.50. The molecule has 2 aromatic heterocycles. The van der Waals surface area contributed by atoms with E-state index in [1.165, 1.54) is 0 Å². The quantitative estimate of drug-likeness (QED) is 0.867. The molecule has 2 aliphatic carbocycles. The van der Waals surface area contributed by atoms with E-state index in [0.717, 1.165) is 47.6 Å². The van der Waals surface area contributed by atoms with Crippen LogP contribution in [0.3, 0.4) is 0 Å². The van der Waals surface area contributed by atoms with Gasteiger partial charge in [0.25, 0.3) is 0 Å². The molecule has 0 radical (unpaired) electrons. The Morgan fingerprint density at radius 2 is 1.85 bits per heavy atom. The second kappa shape index (κ2) is 5.02. The van der Waals surface area contributed by atoms with Crippen LogP contribution in [0.15, 0.2) is 29.7 Å². The third-order valence-corrected chi connectivity index (χ3v) is 5.94. The van der Waals surface area contributed by atoms with Crippen molar-refractivity contribution >= 4 is 11.6 Å². The third kappa shape index (κ3) is 2.11. The molecule has 0 bridgehead atoms. The van der Waals surface area contributed by atoms with E-state index >= 15 is 0 Å². The lowest BCUT2D eigenvalue weighted by Crippen LogP contribution is -2.43. The van der Waals surface area contributed by atoms with Crippen LogP contribution in [0.4, 0.5) is 5.82 Å². The maximum absolute atomic E-state index is 13.3. The van der Waals surface area contributed by atoms with Crippen molar-refractivity contribution in [2.45, 2.75) is 57.8 Å². The number of hydrogen-bond donors (Lipinski definition) is 2. The summed E-state index contributed by atoms with van der Waals surface area (Å²) < 4.78 is 0. The van der Waals surface area contributed by atoms with Gasteiger partial charge in [0.15, 0.2) is 11.6 Å². The SMILES string of the molecule is CC1(C)CC(=O)C2=C(C1)Nc1n[nH]c(C3CC3)c1C2(C)c1ncccn1. The molecule has 5 rings (SSSR count). The minimum Gasteiger partial charge on any atom is -0.342 e. The summed E-state index contributed by atoms with van der Waals surface area (Å²) in [5.74, 6) is 2.18. The van der Waals surface area contributed by atoms with Crippen molar-refractivity contribution < 1.29 is 4.79 Å². The number of ketones is 1. The van der Waals surface area contributed by atoms with Crippen molar-refractivity contribution in [2.24, 2.45) is 5.41 Å². The second-order valence-electron chi connectivity index (χ2n) is 8.75. The maximum atomic E-state index is 13.3. The normalized spacial score (nSPS) is 27.0. The molecule has 26 heavy (non-hydrogen) atoms.